The second-order valence-electron chi connectivity index (χ2n) is 4.51. The Balaban J connectivity index is 0.000000211. The standard InChI is InChI=1S/C8H9FO2.C8H9FO/c1-5(10)7-4-6(9)2-3-8(7)11;1-2-6-5-7(9)3-4-8(6)10/h2-5,10-11H,1H3;3-5,10H,2H2,1H3. The first-order valence-electron chi connectivity index (χ1n) is 6.49. The van der Waals surface area contributed by atoms with Crippen molar-refractivity contribution in [3.63, 3.8) is 0 Å². The number of hydrogen-bond acceptors (Lipinski definition) is 3. The van der Waals surface area contributed by atoms with Crippen LogP contribution < -0.4 is 0 Å². The van der Waals surface area contributed by atoms with Crippen LogP contribution in [-0.4, -0.2) is 15.3 Å². The normalized spacial score (nSPS) is 11.5. The van der Waals surface area contributed by atoms with Gasteiger partial charge >= 0.3 is 0 Å². The lowest BCUT2D eigenvalue weighted by Crippen LogP contribution is -1.92. The van der Waals surface area contributed by atoms with Gasteiger partial charge in [0.2, 0.25) is 0 Å². The molecule has 3 N–H and O–H groups in total. The minimum Gasteiger partial charge on any atom is -0.508 e. The number of aryl methyl sites for hydroxylation is 1. The number of phenolic OH excluding ortho intramolecular Hbond substituents is 2. The summed E-state index contributed by atoms with van der Waals surface area (Å²) in [7, 11) is 0. The van der Waals surface area contributed by atoms with Gasteiger partial charge in [0.15, 0.2) is 0 Å². The van der Waals surface area contributed by atoms with E-state index >= 15 is 0 Å². The van der Waals surface area contributed by atoms with Crippen molar-refractivity contribution in [3.05, 3.63) is 59.2 Å². The van der Waals surface area contributed by atoms with Crippen molar-refractivity contribution in [3.8, 4) is 11.5 Å². The fourth-order valence-corrected chi connectivity index (χ4v) is 1.70. The van der Waals surface area contributed by atoms with Gasteiger partial charge in [0.05, 0.1) is 6.10 Å². The lowest BCUT2D eigenvalue weighted by atomic mass is 10.1. The highest BCUT2D eigenvalue weighted by Gasteiger charge is 2.07. The number of benzene rings is 2. The Hall–Kier alpha value is -2.14. The SMILES string of the molecule is CC(O)c1cc(F)ccc1O.CCc1cc(F)ccc1O. The largest absolute Gasteiger partial charge is 0.508 e. The molecule has 5 heteroatoms. The van der Waals surface area contributed by atoms with E-state index < -0.39 is 11.9 Å². The molecule has 2 rings (SSSR count). The van der Waals surface area contributed by atoms with Gasteiger partial charge in [-0.1, -0.05) is 6.92 Å². The van der Waals surface area contributed by atoms with Crippen LogP contribution in [-0.2, 0) is 6.42 Å². The van der Waals surface area contributed by atoms with Crippen LogP contribution in [0.15, 0.2) is 36.4 Å². The minimum atomic E-state index is -0.842. The van der Waals surface area contributed by atoms with E-state index in [0.29, 0.717) is 12.0 Å². The Kier molecular flexibility index (Phi) is 6.11. The second kappa shape index (κ2) is 7.59. The highest BCUT2D eigenvalue weighted by molar-refractivity contribution is 5.34. The van der Waals surface area contributed by atoms with E-state index in [0.717, 1.165) is 12.1 Å². The Labute approximate surface area is 122 Å². The average Bonchev–Trinajstić information content (AvgIpc) is 2.44. The first kappa shape index (κ1) is 16.9. The number of halogens is 2. The smallest absolute Gasteiger partial charge is 0.123 e. The summed E-state index contributed by atoms with van der Waals surface area (Å²) >= 11 is 0. The quantitative estimate of drug-likeness (QED) is 0.792. The molecular formula is C16H18F2O3. The van der Waals surface area contributed by atoms with Crippen LogP contribution in [0, 0.1) is 11.6 Å². The zero-order valence-corrected chi connectivity index (χ0v) is 11.8. The molecule has 2 aromatic carbocycles. The molecule has 0 aliphatic carbocycles. The molecule has 1 unspecified atom stereocenters. The third kappa shape index (κ3) is 5.04. The molecule has 0 aliphatic rings. The van der Waals surface area contributed by atoms with Gasteiger partial charge in [0, 0.05) is 5.56 Å². The van der Waals surface area contributed by atoms with E-state index in [2.05, 4.69) is 0 Å². The van der Waals surface area contributed by atoms with Crippen LogP contribution in [0.4, 0.5) is 8.78 Å². The van der Waals surface area contributed by atoms with Crippen LogP contribution in [0.2, 0.25) is 0 Å². The van der Waals surface area contributed by atoms with E-state index in [-0.39, 0.29) is 22.9 Å². The second-order valence-corrected chi connectivity index (χ2v) is 4.51. The lowest BCUT2D eigenvalue weighted by Gasteiger charge is -2.06. The zero-order valence-electron chi connectivity index (χ0n) is 11.8. The summed E-state index contributed by atoms with van der Waals surface area (Å²) in [4.78, 5) is 0. The number of phenols is 2. The lowest BCUT2D eigenvalue weighted by molar-refractivity contribution is 0.194. The van der Waals surface area contributed by atoms with E-state index in [1.165, 1.54) is 31.2 Å². The maximum Gasteiger partial charge on any atom is 0.123 e. The molecule has 0 amide bonds. The number of hydrogen-bond donors (Lipinski definition) is 3. The first-order chi connectivity index (χ1) is 9.85. The first-order valence-corrected chi connectivity index (χ1v) is 6.49. The van der Waals surface area contributed by atoms with Gasteiger partial charge in [-0.05, 0) is 55.3 Å². The topological polar surface area (TPSA) is 60.7 Å². The van der Waals surface area contributed by atoms with E-state index in [9.17, 15) is 8.78 Å². The predicted octanol–water partition coefficient (Wildman–Crippen LogP) is 3.68. The van der Waals surface area contributed by atoms with Crippen molar-refractivity contribution in [2.75, 3.05) is 0 Å². The van der Waals surface area contributed by atoms with Crippen LogP contribution in [0.1, 0.15) is 31.1 Å². The number of rotatable bonds is 2. The fraction of sp³-hybridized carbons (Fsp3) is 0.250. The minimum absolute atomic E-state index is 0.0820. The Bertz CT molecular complexity index is 598. The van der Waals surface area contributed by atoms with Gasteiger partial charge in [0.1, 0.15) is 23.1 Å². The molecule has 3 nitrogen and oxygen atoms in total. The highest BCUT2D eigenvalue weighted by atomic mass is 19.1. The average molecular weight is 296 g/mol. The molecule has 21 heavy (non-hydrogen) atoms. The molecule has 0 aromatic heterocycles. The Morgan fingerprint density at radius 3 is 1.90 bits per heavy atom. The number of aliphatic hydroxyl groups is 1. The Morgan fingerprint density at radius 2 is 1.48 bits per heavy atom. The van der Waals surface area contributed by atoms with Crippen LogP contribution in [0.3, 0.4) is 0 Å². The summed E-state index contributed by atoms with van der Waals surface area (Å²) in [5.41, 5.74) is 0.866. The molecule has 114 valence electrons. The molecule has 0 heterocycles. The van der Waals surface area contributed by atoms with Crippen molar-refractivity contribution >= 4 is 0 Å². The molecule has 0 fully saturated rings. The van der Waals surface area contributed by atoms with Crippen molar-refractivity contribution in [1.82, 2.24) is 0 Å². The van der Waals surface area contributed by atoms with Crippen molar-refractivity contribution in [2.24, 2.45) is 0 Å². The summed E-state index contributed by atoms with van der Waals surface area (Å²) < 4.78 is 24.9. The summed E-state index contributed by atoms with van der Waals surface area (Å²) in [5, 5.41) is 27.1. The monoisotopic (exact) mass is 296 g/mol. The van der Waals surface area contributed by atoms with Gasteiger partial charge in [0.25, 0.3) is 0 Å². The maximum atomic E-state index is 12.5. The van der Waals surface area contributed by atoms with E-state index in [1.54, 1.807) is 0 Å². The molecule has 0 saturated carbocycles. The molecule has 0 aliphatic heterocycles. The van der Waals surface area contributed by atoms with Gasteiger partial charge in [-0.15, -0.1) is 0 Å². The van der Waals surface area contributed by atoms with Crippen molar-refractivity contribution in [2.45, 2.75) is 26.4 Å². The van der Waals surface area contributed by atoms with Gasteiger partial charge in [-0.25, -0.2) is 8.78 Å². The van der Waals surface area contributed by atoms with Gasteiger partial charge < -0.3 is 15.3 Å². The molecular weight excluding hydrogens is 278 g/mol. The zero-order chi connectivity index (χ0) is 16.0. The fourth-order valence-electron chi connectivity index (χ4n) is 1.70. The van der Waals surface area contributed by atoms with Gasteiger partial charge in [-0.2, -0.15) is 0 Å². The summed E-state index contributed by atoms with van der Waals surface area (Å²) in [5.74, 6) is -0.668. The molecule has 0 radical (unpaired) electrons. The molecule has 2 aromatic rings. The van der Waals surface area contributed by atoms with Crippen LogP contribution in [0.25, 0.3) is 0 Å². The van der Waals surface area contributed by atoms with E-state index in [4.69, 9.17) is 15.3 Å². The third-order valence-electron chi connectivity index (χ3n) is 2.86. The van der Waals surface area contributed by atoms with Crippen LogP contribution >= 0.6 is 0 Å². The van der Waals surface area contributed by atoms with Crippen molar-refractivity contribution < 1.29 is 24.1 Å². The maximum absolute atomic E-state index is 12.5. The summed E-state index contributed by atoms with van der Waals surface area (Å²) in [6, 6.07) is 7.43. The molecule has 0 spiro atoms. The summed E-state index contributed by atoms with van der Waals surface area (Å²) in [6.45, 7) is 3.34. The molecule has 1 atom stereocenters. The predicted molar refractivity (Wildman–Crippen MR) is 76.1 cm³/mol. The van der Waals surface area contributed by atoms with Crippen molar-refractivity contribution in [1.29, 1.82) is 0 Å². The third-order valence-corrected chi connectivity index (χ3v) is 2.86. The molecule has 0 bridgehead atoms. The van der Waals surface area contributed by atoms with Crippen LogP contribution in [0.5, 0.6) is 11.5 Å². The molecule has 0 saturated heterocycles. The Morgan fingerprint density at radius 1 is 0.952 bits per heavy atom. The summed E-state index contributed by atoms with van der Waals surface area (Å²) in [6.07, 6.45) is -0.186. The van der Waals surface area contributed by atoms with Gasteiger partial charge in [-0.3, -0.25) is 0 Å². The van der Waals surface area contributed by atoms with E-state index in [1.807, 2.05) is 6.92 Å². The highest BCUT2D eigenvalue weighted by Crippen LogP contribution is 2.24. The number of aromatic hydroxyl groups is 2. The number of aliphatic hydroxyl groups excluding tert-OH is 1.